The van der Waals surface area contributed by atoms with Crippen LogP contribution in [0.25, 0.3) is 6.08 Å². The summed E-state index contributed by atoms with van der Waals surface area (Å²) < 4.78 is 0. The first-order valence-corrected chi connectivity index (χ1v) is 7.14. The Hall–Kier alpha value is -3.48. The van der Waals surface area contributed by atoms with Crippen LogP contribution >= 0.6 is 0 Å². The first-order valence-electron chi connectivity index (χ1n) is 7.14. The molecule has 0 unspecified atom stereocenters. The molecule has 0 saturated carbocycles. The van der Waals surface area contributed by atoms with Gasteiger partial charge in [0.05, 0.1) is 10.6 Å². The third-order valence-electron chi connectivity index (χ3n) is 3.65. The summed E-state index contributed by atoms with van der Waals surface area (Å²) in [5.74, 6) is -1.05. The van der Waals surface area contributed by atoms with E-state index in [1.807, 2.05) is 0 Å². The third-order valence-corrected chi connectivity index (χ3v) is 3.65. The van der Waals surface area contributed by atoms with E-state index in [2.05, 4.69) is 5.43 Å². The van der Waals surface area contributed by atoms with E-state index in [1.54, 1.807) is 49.4 Å². The van der Waals surface area contributed by atoms with Gasteiger partial charge in [-0.25, -0.2) is 5.01 Å². The Labute approximate surface area is 137 Å². The van der Waals surface area contributed by atoms with Crippen molar-refractivity contribution in [3.05, 3.63) is 75.3 Å². The third kappa shape index (κ3) is 2.74. The van der Waals surface area contributed by atoms with E-state index in [0.717, 1.165) is 5.01 Å². The maximum Gasteiger partial charge on any atom is 0.282 e. The van der Waals surface area contributed by atoms with Gasteiger partial charge in [-0.1, -0.05) is 30.3 Å². The van der Waals surface area contributed by atoms with Crippen molar-refractivity contribution in [2.45, 2.75) is 6.92 Å². The second-order valence-electron chi connectivity index (χ2n) is 5.28. The van der Waals surface area contributed by atoms with E-state index in [1.165, 1.54) is 12.1 Å². The molecule has 2 amide bonds. The highest BCUT2D eigenvalue weighted by Crippen LogP contribution is 2.24. The number of anilines is 1. The Morgan fingerprint density at radius 3 is 2.50 bits per heavy atom. The molecule has 1 saturated heterocycles. The number of aryl methyl sites for hydroxylation is 1. The van der Waals surface area contributed by atoms with Crippen LogP contribution in [-0.2, 0) is 9.59 Å². The lowest BCUT2D eigenvalue weighted by atomic mass is 10.1. The van der Waals surface area contributed by atoms with Crippen molar-refractivity contribution < 1.29 is 14.5 Å². The van der Waals surface area contributed by atoms with Gasteiger partial charge in [0.15, 0.2) is 0 Å². The molecular weight excluding hydrogens is 310 g/mol. The molecule has 7 heteroatoms. The fourth-order valence-corrected chi connectivity index (χ4v) is 2.40. The van der Waals surface area contributed by atoms with Crippen LogP contribution in [0.5, 0.6) is 0 Å². The van der Waals surface area contributed by atoms with Crippen LogP contribution < -0.4 is 10.4 Å². The van der Waals surface area contributed by atoms with E-state index in [4.69, 9.17) is 0 Å². The van der Waals surface area contributed by atoms with Crippen LogP contribution in [0, 0.1) is 17.0 Å². The number of para-hydroxylation sites is 1. The SMILES string of the molecule is Cc1ccc(/C=C2\C(=O)NN(c3ccccc3)C2=O)cc1[N+](=O)[O-]. The van der Waals surface area contributed by atoms with Crippen molar-refractivity contribution in [3.8, 4) is 0 Å². The Balaban J connectivity index is 1.96. The minimum atomic E-state index is -0.549. The van der Waals surface area contributed by atoms with Crippen LogP contribution in [0.15, 0.2) is 54.1 Å². The number of nitro benzene ring substituents is 1. The van der Waals surface area contributed by atoms with Gasteiger partial charge in [-0.15, -0.1) is 0 Å². The maximum atomic E-state index is 12.4. The van der Waals surface area contributed by atoms with E-state index < -0.39 is 16.7 Å². The Kier molecular flexibility index (Phi) is 3.83. The van der Waals surface area contributed by atoms with Gasteiger partial charge in [-0.05, 0) is 30.7 Å². The quantitative estimate of drug-likeness (QED) is 0.406. The molecule has 2 aromatic rings. The van der Waals surface area contributed by atoms with Gasteiger partial charge in [-0.3, -0.25) is 25.1 Å². The van der Waals surface area contributed by atoms with Crippen LogP contribution in [0.4, 0.5) is 11.4 Å². The summed E-state index contributed by atoms with van der Waals surface area (Å²) in [4.78, 5) is 35.0. The predicted molar refractivity (Wildman–Crippen MR) is 87.9 cm³/mol. The minimum absolute atomic E-state index is 0.0601. The number of benzene rings is 2. The molecule has 0 bridgehead atoms. The topological polar surface area (TPSA) is 92.6 Å². The number of amides is 2. The molecule has 0 aliphatic carbocycles. The smallest absolute Gasteiger partial charge is 0.267 e. The molecule has 0 radical (unpaired) electrons. The highest BCUT2D eigenvalue weighted by atomic mass is 16.6. The minimum Gasteiger partial charge on any atom is -0.267 e. The van der Waals surface area contributed by atoms with E-state index in [9.17, 15) is 19.7 Å². The van der Waals surface area contributed by atoms with Crippen molar-refractivity contribution in [2.75, 3.05) is 5.01 Å². The number of nitrogens with one attached hydrogen (secondary N) is 1. The molecule has 7 nitrogen and oxygen atoms in total. The average Bonchev–Trinajstić information content (AvgIpc) is 2.85. The molecule has 0 spiro atoms. The largest absolute Gasteiger partial charge is 0.282 e. The van der Waals surface area contributed by atoms with Gasteiger partial charge in [0.2, 0.25) is 0 Å². The zero-order valence-electron chi connectivity index (χ0n) is 12.7. The van der Waals surface area contributed by atoms with Crippen molar-refractivity contribution in [1.82, 2.24) is 5.43 Å². The second-order valence-corrected chi connectivity index (χ2v) is 5.28. The van der Waals surface area contributed by atoms with Gasteiger partial charge < -0.3 is 0 Å². The lowest BCUT2D eigenvalue weighted by Gasteiger charge is -2.13. The molecule has 1 heterocycles. The Morgan fingerprint density at radius 1 is 1.12 bits per heavy atom. The lowest BCUT2D eigenvalue weighted by molar-refractivity contribution is -0.385. The fourth-order valence-electron chi connectivity index (χ4n) is 2.40. The van der Waals surface area contributed by atoms with Crippen molar-refractivity contribution >= 4 is 29.3 Å². The summed E-state index contributed by atoms with van der Waals surface area (Å²) >= 11 is 0. The number of hydrazine groups is 1. The molecule has 1 aliphatic rings. The zero-order valence-corrected chi connectivity index (χ0v) is 12.7. The summed E-state index contributed by atoms with van der Waals surface area (Å²) in [5.41, 5.74) is 3.81. The summed E-state index contributed by atoms with van der Waals surface area (Å²) in [6.45, 7) is 1.62. The number of rotatable bonds is 3. The summed E-state index contributed by atoms with van der Waals surface area (Å²) in [6, 6.07) is 13.2. The van der Waals surface area contributed by atoms with E-state index in [0.29, 0.717) is 16.8 Å². The number of carbonyl (C=O) groups is 2. The Bertz CT molecular complexity index is 875. The summed E-state index contributed by atoms with van der Waals surface area (Å²) in [6.07, 6.45) is 1.35. The number of hydrogen-bond donors (Lipinski definition) is 1. The number of nitrogens with zero attached hydrogens (tertiary/aromatic N) is 2. The van der Waals surface area contributed by atoms with Crippen LogP contribution in [-0.4, -0.2) is 16.7 Å². The molecule has 1 N–H and O–H groups in total. The van der Waals surface area contributed by atoms with Gasteiger partial charge in [0.1, 0.15) is 5.57 Å². The van der Waals surface area contributed by atoms with Crippen LogP contribution in [0.3, 0.4) is 0 Å². The molecule has 1 fully saturated rings. The summed E-state index contributed by atoms with van der Waals surface area (Å²) in [5, 5.41) is 12.2. The number of nitro groups is 1. The normalized spacial score (nSPS) is 15.7. The number of carbonyl (C=O) groups excluding carboxylic acids is 2. The monoisotopic (exact) mass is 323 g/mol. The Morgan fingerprint density at radius 2 is 1.83 bits per heavy atom. The molecule has 120 valence electrons. The number of hydrogen-bond acceptors (Lipinski definition) is 4. The van der Waals surface area contributed by atoms with Gasteiger partial charge in [0, 0.05) is 11.6 Å². The van der Waals surface area contributed by atoms with Crippen LogP contribution in [0.2, 0.25) is 0 Å². The summed E-state index contributed by atoms with van der Waals surface area (Å²) in [7, 11) is 0. The fraction of sp³-hybridized carbons (Fsp3) is 0.0588. The first-order chi connectivity index (χ1) is 11.5. The van der Waals surface area contributed by atoms with Gasteiger partial charge in [0.25, 0.3) is 17.5 Å². The first kappa shape index (κ1) is 15.4. The highest BCUT2D eigenvalue weighted by molar-refractivity contribution is 6.31. The molecule has 3 rings (SSSR count). The van der Waals surface area contributed by atoms with Crippen LogP contribution in [0.1, 0.15) is 11.1 Å². The van der Waals surface area contributed by atoms with Crippen molar-refractivity contribution in [1.29, 1.82) is 0 Å². The zero-order chi connectivity index (χ0) is 17.3. The van der Waals surface area contributed by atoms with E-state index in [-0.39, 0.29) is 11.3 Å². The van der Waals surface area contributed by atoms with Gasteiger partial charge >= 0.3 is 0 Å². The van der Waals surface area contributed by atoms with E-state index >= 15 is 0 Å². The highest BCUT2D eigenvalue weighted by Gasteiger charge is 2.34. The van der Waals surface area contributed by atoms with Crippen molar-refractivity contribution in [3.63, 3.8) is 0 Å². The molecule has 1 aliphatic heterocycles. The molecule has 2 aromatic carbocycles. The maximum absolute atomic E-state index is 12.4. The van der Waals surface area contributed by atoms with Crippen molar-refractivity contribution in [2.24, 2.45) is 0 Å². The molecular formula is C17H13N3O4. The molecule has 0 atom stereocenters. The standard InChI is InChI=1S/C17H13N3O4/c1-11-7-8-12(10-15(11)20(23)24)9-14-16(21)18-19(17(14)22)13-5-3-2-4-6-13/h2-10H,1H3,(H,18,21)/b14-9+. The molecule has 24 heavy (non-hydrogen) atoms. The predicted octanol–water partition coefficient (Wildman–Crippen LogP) is 2.36. The lowest BCUT2D eigenvalue weighted by Crippen LogP contribution is -2.35. The molecule has 0 aromatic heterocycles. The second kappa shape index (κ2) is 5.96. The van der Waals surface area contributed by atoms with Gasteiger partial charge in [-0.2, -0.15) is 0 Å². The average molecular weight is 323 g/mol.